The number of carbonyl (C=O) groups is 2. The molecule has 21 heavy (non-hydrogen) atoms. The van der Waals surface area contributed by atoms with E-state index in [2.05, 4.69) is 15.8 Å². The fourth-order valence-corrected chi connectivity index (χ4v) is 2.21. The molecule has 0 bridgehead atoms. The Kier molecular flexibility index (Phi) is 5.59. The molecule has 2 rings (SSSR count). The number of hydrogen-bond acceptors (Lipinski definition) is 3. The molecule has 0 saturated heterocycles. The summed E-state index contributed by atoms with van der Waals surface area (Å²) in [6, 6.07) is 5.24. The lowest BCUT2D eigenvalue weighted by Crippen LogP contribution is -2.27. The number of carbonyl (C=O) groups excluding carboxylic acids is 2. The first kappa shape index (κ1) is 15.8. The lowest BCUT2D eigenvalue weighted by molar-refractivity contribution is -0.121. The van der Waals surface area contributed by atoms with E-state index in [9.17, 15) is 9.59 Å². The molecule has 0 aliphatic carbocycles. The summed E-state index contributed by atoms with van der Waals surface area (Å²) >= 11 is 11.7. The van der Waals surface area contributed by atoms with Crippen molar-refractivity contribution in [3.63, 3.8) is 0 Å². The van der Waals surface area contributed by atoms with Crippen molar-refractivity contribution < 1.29 is 9.59 Å². The average molecular weight is 328 g/mol. The van der Waals surface area contributed by atoms with Crippen LogP contribution in [0.3, 0.4) is 0 Å². The standard InChI is InChI=1S/C14H15Cl2N3O2/c15-11-4-1-9(7-12(11)16)8-17-13(20)5-2-10-3-6-14(21)19-18-10/h1,4,7H,2-3,5-6,8H2,(H,17,20)(H,19,21). The van der Waals surface area contributed by atoms with Crippen molar-refractivity contribution in [1.82, 2.24) is 10.7 Å². The Morgan fingerprint density at radius 1 is 1.29 bits per heavy atom. The SMILES string of the molecule is O=C(CCC1=NNC(=O)CC1)NCc1ccc(Cl)c(Cl)c1. The highest BCUT2D eigenvalue weighted by molar-refractivity contribution is 6.42. The van der Waals surface area contributed by atoms with Gasteiger partial charge >= 0.3 is 0 Å². The second-order valence-electron chi connectivity index (χ2n) is 4.74. The number of nitrogens with zero attached hydrogens (tertiary/aromatic N) is 1. The van der Waals surface area contributed by atoms with E-state index in [0.29, 0.717) is 42.3 Å². The van der Waals surface area contributed by atoms with Crippen LogP contribution in [0.1, 0.15) is 31.2 Å². The van der Waals surface area contributed by atoms with E-state index < -0.39 is 0 Å². The number of rotatable bonds is 5. The Morgan fingerprint density at radius 3 is 2.76 bits per heavy atom. The third-order valence-electron chi connectivity index (χ3n) is 3.09. The van der Waals surface area contributed by atoms with Crippen molar-refractivity contribution in [3.8, 4) is 0 Å². The number of hydrogen-bond donors (Lipinski definition) is 2. The van der Waals surface area contributed by atoms with Crippen molar-refractivity contribution in [1.29, 1.82) is 0 Å². The topological polar surface area (TPSA) is 70.6 Å². The normalized spacial score (nSPS) is 14.4. The zero-order valence-corrected chi connectivity index (χ0v) is 12.8. The minimum atomic E-state index is -0.0807. The summed E-state index contributed by atoms with van der Waals surface area (Å²) in [6.07, 6.45) is 1.94. The van der Waals surface area contributed by atoms with Gasteiger partial charge in [-0.05, 0) is 30.5 Å². The minimum absolute atomic E-state index is 0.0688. The summed E-state index contributed by atoms with van der Waals surface area (Å²) in [6.45, 7) is 0.402. The van der Waals surface area contributed by atoms with Gasteiger partial charge in [0.05, 0.1) is 10.0 Å². The molecule has 1 aromatic carbocycles. The molecular formula is C14H15Cl2N3O2. The minimum Gasteiger partial charge on any atom is -0.352 e. The van der Waals surface area contributed by atoms with Crippen molar-refractivity contribution in [2.75, 3.05) is 0 Å². The van der Waals surface area contributed by atoms with Gasteiger partial charge in [-0.2, -0.15) is 5.10 Å². The molecule has 0 unspecified atom stereocenters. The molecule has 0 saturated carbocycles. The van der Waals surface area contributed by atoms with Gasteiger partial charge in [0.15, 0.2) is 0 Å². The van der Waals surface area contributed by atoms with E-state index in [0.717, 1.165) is 11.3 Å². The molecule has 1 aliphatic heterocycles. The summed E-state index contributed by atoms with van der Waals surface area (Å²) in [5.74, 6) is -0.150. The van der Waals surface area contributed by atoms with Crippen LogP contribution in [0.25, 0.3) is 0 Å². The van der Waals surface area contributed by atoms with Crippen molar-refractivity contribution >= 4 is 40.7 Å². The van der Waals surface area contributed by atoms with Crippen LogP contribution in [0.2, 0.25) is 10.0 Å². The van der Waals surface area contributed by atoms with E-state index >= 15 is 0 Å². The first-order valence-corrected chi connectivity index (χ1v) is 7.35. The van der Waals surface area contributed by atoms with E-state index in [1.54, 1.807) is 12.1 Å². The van der Waals surface area contributed by atoms with Gasteiger partial charge in [-0.3, -0.25) is 9.59 Å². The molecule has 2 amide bonds. The Balaban J connectivity index is 1.74. The van der Waals surface area contributed by atoms with Gasteiger partial charge in [0.2, 0.25) is 11.8 Å². The average Bonchev–Trinajstić information content (AvgIpc) is 2.48. The number of benzene rings is 1. The summed E-state index contributed by atoms with van der Waals surface area (Å²) in [5.41, 5.74) is 4.15. The third kappa shape index (κ3) is 5.02. The molecule has 0 atom stereocenters. The monoisotopic (exact) mass is 327 g/mol. The first-order valence-electron chi connectivity index (χ1n) is 6.59. The Morgan fingerprint density at radius 2 is 2.10 bits per heavy atom. The zero-order valence-electron chi connectivity index (χ0n) is 11.3. The summed E-state index contributed by atoms with van der Waals surface area (Å²) in [7, 11) is 0. The summed E-state index contributed by atoms with van der Waals surface area (Å²) in [4.78, 5) is 22.7. The van der Waals surface area contributed by atoms with E-state index in [4.69, 9.17) is 23.2 Å². The fourth-order valence-electron chi connectivity index (χ4n) is 1.89. The van der Waals surface area contributed by atoms with Crippen LogP contribution >= 0.6 is 23.2 Å². The second-order valence-corrected chi connectivity index (χ2v) is 5.55. The Hall–Kier alpha value is -1.59. The van der Waals surface area contributed by atoms with Crippen LogP contribution in [0.5, 0.6) is 0 Å². The number of nitrogens with one attached hydrogen (secondary N) is 2. The van der Waals surface area contributed by atoms with E-state index in [1.807, 2.05) is 6.07 Å². The highest BCUT2D eigenvalue weighted by Gasteiger charge is 2.12. The van der Waals surface area contributed by atoms with Gasteiger partial charge < -0.3 is 5.32 Å². The Labute approximate surface area is 132 Å². The van der Waals surface area contributed by atoms with Gasteiger partial charge in [-0.1, -0.05) is 29.3 Å². The molecule has 7 heteroatoms. The van der Waals surface area contributed by atoms with Crippen LogP contribution in [0.4, 0.5) is 0 Å². The first-order chi connectivity index (χ1) is 10.0. The molecule has 112 valence electrons. The molecule has 1 heterocycles. The lowest BCUT2D eigenvalue weighted by Gasteiger charge is -2.11. The van der Waals surface area contributed by atoms with E-state index in [-0.39, 0.29) is 11.8 Å². The maximum Gasteiger partial charge on any atom is 0.240 e. The van der Waals surface area contributed by atoms with Gasteiger partial charge in [0.1, 0.15) is 0 Å². The molecule has 0 radical (unpaired) electrons. The number of amides is 2. The van der Waals surface area contributed by atoms with Gasteiger partial charge in [0.25, 0.3) is 0 Å². The molecule has 0 spiro atoms. The second kappa shape index (κ2) is 7.43. The molecule has 0 aromatic heterocycles. The highest BCUT2D eigenvalue weighted by Crippen LogP contribution is 2.22. The lowest BCUT2D eigenvalue weighted by atomic mass is 10.1. The van der Waals surface area contributed by atoms with Crippen LogP contribution in [-0.2, 0) is 16.1 Å². The summed E-state index contributed by atoms with van der Waals surface area (Å²) < 4.78 is 0. The molecule has 0 fully saturated rings. The Bertz CT molecular complexity index is 588. The molecular weight excluding hydrogens is 313 g/mol. The smallest absolute Gasteiger partial charge is 0.240 e. The predicted molar refractivity (Wildman–Crippen MR) is 82.4 cm³/mol. The quantitative estimate of drug-likeness (QED) is 0.872. The molecule has 1 aromatic rings. The number of hydrazone groups is 1. The zero-order chi connectivity index (χ0) is 15.2. The van der Waals surface area contributed by atoms with Gasteiger partial charge in [-0.25, -0.2) is 5.43 Å². The largest absolute Gasteiger partial charge is 0.352 e. The highest BCUT2D eigenvalue weighted by atomic mass is 35.5. The molecule has 5 nitrogen and oxygen atoms in total. The summed E-state index contributed by atoms with van der Waals surface area (Å²) in [5, 5.41) is 7.70. The third-order valence-corrected chi connectivity index (χ3v) is 3.83. The van der Waals surface area contributed by atoms with Crippen LogP contribution < -0.4 is 10.7 Å². The van der Waals surface area contributed by atoms with Gasteiger partial charge in [0, 0.05) is 25.1 Å². The number of halogens is 2. The van der Waals surface area contributed by atoms with Crippen molar-refractivity contribution in [2.24, 2.45) is 5.10 Å². The van der Waals surface area contributed by atoms with Crippen LogP contribution in [0, 0.1) is 0 Å². The van der Waals surface area contributed by atoms with Crippen LogP contribution in [-0.4, -0.2) is 17.5 Å². The molecule has 2 N–H and O–H groups in total. The van der Waals surface area contributed by atoms with E-state index in [1.165, 1.54) is 0 Å². The van der Waals surface area contributed by atoms with Crippen molar-refractivity contribution in [2.45, 2.75) is 32.2 Å². The predicted octanol–water partition coefficient (Wildman–Crippen LogP) is 2.66. The van der Waals surface area contributed by atoms with Crippen molar-refractivity contribution in [3.05, 3.63) is 33.8 Å². The molecule has 1 aliphatic rings. The maximum absolute atomic E-state index is 11.8. The van der Waals surface area contributed by atoms with Crippen LogP contribution in [0.15, 0.2) is 23.3 Å². The van der Waals surface area contributed by atoms with Gasteiger partial charge in [-0.15, -0.1) is 0 Å². The fraction of sp³-hybridized carbons (Fsp3) is 0.357. The maximum atomic E-state index is 11.8.